The lowest BCUT2D eigenvalue weighted by atomic mass is 10.5. The molecule has 1 saturated carbocycles. The van der Waals surface area contributed by atoms with Crippen molar-refractivity contribution >= 4 is 16.8 Å². The predicted molar refractivity (Wildman–Crippen MR) is 44.7 cm³/mol. The highest BCUT2D eigenvalue weighted by molar-refractivity contribution is 6.69. The molecule has 4 nitrogen and oxygen atoms in total. The average molecular weight is 186 g/mol. The number of nitrogens with zero attached hydrogens (tertiary/aromatic N) is 3. The van der Waals surface area contributed by atoms with Crippen LogP contribution in [0.1, 0.15) is 24.6 Å². The van der Waals surface area contributed by atoms with Gasteiger partial charge >= 0.3 is 0 Å². The predicted octanol–water partition coefficient (Wildman–Crippen LogP) is 1.59. The van der Waals surface area contributed by atoms with Crippen LogP contribution in [0.2, 0.25) is 0 Å². The molecule has 2 rings (SSSR count). The third-order valence-corrected chi connectivity index (χ3v) is 2.17. The molecule has 0 radical (unpaired) electrons. The van der Waals surface area contributed by atoms with Gasteiger partial charge in [0.1, 0.15) is 5.69 Å². The molecule has 0 spiro atoms. The van der Waals surface area contributed by atoms with Gasteiger partial charge in [0.25, 0.3) is 0 Å². The van der Waals surface area contributed by atoms with Gasteiger partial charge in [0.2, 0.25) is 0 Å². The van der Waals surface area contributed by atoms with Crippen molar-refractivity contribution in [2.45, 2.75) is 18.9 Å². The van der Waals surface area contributed by atoms with Gasteiger partial charge in [0.05, 0.1) is 12.5 Å². The van der Waals surface area contributed by atoms with Crippen LogP contribution in [0.3, 0.4) is 0 Å². The molecule has 0 saturated heterocycles. The first-order chi connectivity index (χ1) is 5.83. The van der Waals surface area contributed by atoms with E-state index in [2.05, 4.69) is 10.1 Å². The van der Waals surface area contributed by atoms with Crippen LogP contribution in [-0.4, -0.2) is 19.9 Å². The standard InChI is InChI=1S/C7H8ClN3O/c8-7(10-12)6-3-9-4-11(6)5-1-2-5/h3-5,12H,1-2H2. The van der Waals surface area contributed by atoms with Crippen LogP contribution in [-0.2, 0) is 0 Å². The van der Waals surface area contributed by atoms with Crippen molar-refractivity contribution in [2.75, 3.05) is 0 Å². The van der Waals surface area contributed by atoms with E-state index in [1.807, 2.05) is 4.57 Å². The molecule has 0 aromatic carbocycles. The first-order valence-corrected chi connectivity index (χ1v) is 4.10. The van der Waals surface area contributed by atoms with Gasteiger partial charge in [0.15, 0.2) is 5.17 Å². The summed E-state index contributed by atoms with van der Waals surface area (Å²) in [6, 6.07) is 0.498. The first-order valence-electron chi connectivity index (χ1n) is 3.72. The molecule has 1 aliphatic carbocycles. The van der Waals surface area contributed by atoms with Crippen LogP contribution in [0.15, 0.2) is 17.7 Å². The maximum Gasteiger partial charge on any atom is 0.193 e. The van der Waals surface area contributed by atoms with E-state index < -0.39 is 0 Å². The van der Waals surface area contributed by atoms with E-state index >= 15 is 0 Å². The Morgan fingerprint density at radius 2 is 2.50 bits per heavy atom. The third kappa shape index (κ3) is 1.18. The van der Waals surface area contributed by atoms with E-state index in [9.17, 15) is 0 Å². The number of halogens is 1. The van der Waals surface area contributed by atoms with Crippen LogP contribution in [0.4, 0.5) is 0 Å². The molecule has 0 amide bonds. The summed E-state index contributed by atoms with van der Waals surface area (Å²) < 4.78 is 1.93. The minimum Gasteiger partial charge on any atom is -0.410 e. The first kappa shape index (κ1) is 7.61. The Labute approximate surface area is 74.5 Å². The highest BCUT2D eigenvalue weighted by atomic mass is 35.5. The smallest absolute Gasteiger partial charge is 0.193 e. The Kier molecular flexibility index (Phi) is 1.77. The van der Waals surface area contributed by atoms with Crippen LogP contribution >= 0.6 is 11.6 Å². The van der Waals surface area contributed by atoms with Crippen molar-refractivity contribution in [1.29, 1.82) is 0 Å². The fourth-order valence-corrected chi connectivity index (χ4v) is 1.31. The summed E-state index contributed by atoms with van der Waals surface area (Å²) in [5, 5.41) is 11.5. The van der Waals surface area contributed by atoms with Gasteiger partial charge in [-0.25, -0.2) is 4.98 Å². The number of aromatic nitrogens is 2. The van der Waals surface area contributed by atoms with Crippen LogP contribution in [0.5, 0.6) is 0 Å². The fourth-order valence-electron chi connectivity index (χ4n) is 1.16. The molecule has 0 unspecified atom stereocenters. The largest absolute Gasteiger partial charge is 0.410 e. The molecule has 0 atom stereocenters. The molecule has 12 heavy (non-hydrogen) atoms. The van der Waals surface area contributed by atoms with E-state index in [-0.39, 0.29) is 5.17 Å². The molecule has 5 heteroatoms. The van der Waals surface area contributed by atoms with E-state index in [0.717, 1.165) is 12.8 Å². The van der Waals surface area contributed by atoms with E-state index in [1.54, 1.807) is 12.5 Å². The lowest BCUT2D eigenvalue weighted by molar-refractivity contribution is 0.320. The molecule has 1 aliphatic rings. The molecule has 1 aromatic rings. The number of oxime groups is 1. The summed E-state index contributed by atoms with van der Waals surface area (Å²) in [7, 11) is 0. The molecule has 0 aliphatic heterocycles. The zero-order valence-electron chi connectivity index (χ0n) is 6.31. The van der Waals surface area contributed by atoms with Crippen molar-refractivity contribution in [1.82, 2.24) is 9.55 Å². The zero-order valence-corrected chi connectivity index (χ0v) is 7.07. The van der Waals surface area contributed by atoms with Gasteiger partial charge in [-0.3, -0.25) is 0 Å². The van der Waals surface area contributed by atoms with Crippen molar-refractivity contribution in [3.63, 3.8) is 0 Å². The van der Waals surface area contributed by atoms with E-state index in [0.29, 0.717) is 11.7 Å². The van der Waals surface area contributed by atoms with Crippen LogP contribution < -0.4 is 0 Å². The molecule has 1 fully saturated rings. The van der Waals surface area contributed by atoms with Gasteiger partial charge in [-0.05, 0) is 12.8 Å². The molecule has 64 valence electrons. The lowest BCUT2D eigenvalue weighted by Gasteiger charge is -2.01. The van der Waals surface area contributed by atoms with Gasteiger partial charge in [-0.2, -0.15) is 0 Å². The van der Waals surface area contributed by atoms with Gasteiger partial charge in [-0.15, -0.1) is 0 Å². The van der Waals surface area contributed by atoms with Gasteiger partial charge in [0, 0.05) is 6.04 Å². The number of rotatable bonds is 2. The van der Waals surface area contributed by atoms with Gasteiger partial charge < -0.3 is 9.77 Å². The topological polar surface area (TPSA) is 50.4 Å². The summed E-state index contributed by atoms with van der Waals surface area (Å²) >= 11 is 5.65. The Morgan fingerprint density at radius 3 is 3.08 bits per heavy atom. The van der Waals surface area contributed by atoms with E-state index in [1.165, 1.54) is 0 Å². The van der Waals surface area contributed by atoms with Crippen LogP contribution in [0, 0.1) is 0 Å². The summed E-state index contributed by atoms with van der Waals surface area (Å²) in [6.45, 7) is 0. The zero-order chi connectivity index (χ0) is 8.55. The molecule has 1 N–H and O–H groups in total. The Balaban J connectivity index is 2.35. The Hall–Kier alpha value is -1.03. The second-order valence-corrected chi connectivity index (χ2v) is 3.17. The third-order valence-electron chi connectivity index (χ3n) is 1.91. The highest BCUT2D eigenvalue weighted by Crippen LogP contribution is 2.35. The number of hydrogen-bond donors (Lipinski definition) is 1. The monoisotopic (exact) mass is 185 g/mol. The molecular formula is C7H8ClN3O. The van der Waals surface area contributed by atoms with Crippen LogP contribution in [0.25, 0.3) is 0 Å². The summed E-state index contributed by atoms with van der Waals surface area (Å²) in [4.78, 5) is 3.94. The second kappa shape index (κ2) is 2.79. The maximum absolute atomic E-state index is 8.45. The number of imidazole rings is 1. The Bertz CT molecular complexity index is 316. The molecular weight excluding hydrogens is 178 g/mol. The minimum absolute atomic E-state index is 0.0967. The fraction of sp³-hybridized carbons (Fsp3) is 0.429. The quantitative estimate of drug-likeness (QED) is 0.432. The average Bonchev–Trinajstić information content (AvgIpc) is 2.83. The van der Waals surface area contributed by atoms with Crippen molar-refractivity contribution < 1.29 is 5.21 Å². The van der Waals surface area contributed by atoms with Crippen molar-refractivity contribution in [2.24, 2.45) is 5.16 Å². The Morgan fingerprint density at radius 1 is 1.75 bits per heavy atom. The molecule has 1 aromatic heterocycles. The lowest BCUT2D eigenvalue weighted by Crippen LogP contribution is -2.02. The van der Waals surface area contributed by atoms with Gasteiger partial charge in [-0.1, -0.05) is 16.8 Å². The second-order valence-electron chi connectivity index (χ2n) is 2.81. The minimum atomic E-state index is 0.0967. The normalized spacial score (nSPS) is 18.2. The summed E-state index contributed by atoms with van der Waals surface area (Å²) in [6.07, 6.45) is 5.61. The summed E-state index contributed by atoms with van der Waals surface area (Å²) in [5.74, 6) is 0. The SMILES string of the molecule is ON=C(Cl)c1cncn1C1CC1. The number of hydrogen-bond acceptors (Lipinski definition) is 3. The van der Waals surface area contributed by atoms with Crippen molar-refractivity contribution in [3.8, 4) is 0 Å². The highest BCUT2D eigenvalue weighted by Gasteiger charge is 2.26. The molecule has 0 bridgehead atoms. The molecule has 1 heterocycles. The van der Waals surface area contributed by atoms with Crippen molar-refractivity contribution in [3.05, 3.63) is 18.2 Å². The maximum atomic E-state index is 8.45. The summed E-state index contributed by atoms with van der Waals surface area (Å²) in [5.41, 5.74) is 0.682. The van der Waals surface area contributed by atoms with E-state index in [4.69, 9.17) is 16.8 Å².